The van der Waals surface area contributed by atoms with Crippen molar-refractivity contribution in [2.75, 3.05) is 7.05 Å². The van der Waals surface area contributed by atoms with Gasteiger partial charge in [-0.1, -0.05) is 42.5 Å². The number of aliphatic hydroxyl groups is 1. The van der Waals surface area contributed by atoms with Crippen molar-refractivity contribution >= 4 is 0 Å². The molecule has 1 heterocycles. The van der Waals surface area contributed by atoms with Crippen LogP contribution in [-0.2, 0) is 11.3 Å². The third-order valence-corrected chi connectivity index (χ3v) is 3.93. The molecule has 1 N–H and O–H groups in total. The minimum atomic E-state index is -0.586. The van der Waals surface area contributed by atoms with Gasteiger partial charge in [0.1, 0.15) is 0 Å². The summed E-state index contributed by atoms with van der Waals surface area (Å²) < 4.78 is 5.46. The van der Waals surface area contributed by atoms with E-state index >= 15 is 0 Å². The van der Waals surface area contributed by atoms with Crippen LogP contribution in [0.4, 0.5) is 0 Å². The standard InChI is InChI=1S/C15H19NO2/c1-16(10-11-5-3-2-4-6-11)13-7-8-14-12(13)9-15(17)18-14/h2-8,12-15,17H,9-10H2,1H3/t12-,13+,14+,15?/m0/s1. The molecule has 0 spiro atoms. The molecule has 4 atom stereocenters. The van der Waals surface area contributed by atoms with Crippen LogP contribution in [0.2, 0.25) is 0 Å². The minimum Gasteiger partial charge on any atom is -0.368 e. The molecule has 2 aliphatic rings. The molecule has 3 rings (SSSR count). The van der Waals surface area contributed by atoms with E-state index in [4.69, 9.17) is 4.74 Å². The van der Waals surface area contributed by atoms with E-state index < -0.39 is 6.29 Å². The summed E-state index contributed by atoms with van der Waals surface area (Å²) in [5, 5.41) is 9.55. The molecule has 1 aromatic carbocycles. The average molecular weight is 245 g/mol. The zero-order valence-electron chi connectivity index (χ0n) is 10.6. The van der Waals surface area contributed by atoms with E-state index in [2.05, 4.69) is 48.4 Å². The minimum absolute atomic E-state index is 0.100. The van der Waals surface area contributed by atoms with Crippen LogP contribution in [0.15, 0.2) is 42.5 Å². The summed E-state index contributed by atoms with van der Waals surface area (Å²) in [4.78, 5) is 2.33. The number of benzene rings is 1. The Morgan fingerprint density at radius 3 is 2.83 bits per heavy atom. The summed E-state index contributed by atoms with van der Waals surface area (Å²) >= 11 is 0. The molecule has 18 heavy (non-hydrogen) atoms. The summed E-state index contributed by atoms with van der Waals surface area (Å²) in [6.45, 7) is 0.926. The van der Waals surface area contributed by atoms with Crippen molar-refractivity contribution in [3.8, 4) is 0 Å². The van der Waals surface area contributed by atoms with Crippen LogP contribution in [-0.4, -0.2) is 35.5 Å². The van der Waals surface area contributed by atoms with E-state index in [1.807, 2.05) is 6.07 Å². The van der Waals surface area contributed by atoms with Crippen LogP contribution >= 0.6 is 0 Å². The highest BCUT2D eigenvalue weighted by atomic mass is 16.6. The maximum atomic E-state index is 9.55. The van der Waals surface area contributed by atoms with Crippen molar-refractivity contribution in [1.29, 1.82) is 0 Å². The van der Waals surface area contributed by atoms with Crippen LogP contribution in [0, 0.1) is 5.92 Å². The summed E-state index contributed by atoms with van der Waals surface area (Å²) in [5.41, 5.74) is 1.32. The second kappa shape index (κ2) is 4.84. The molecule has 1 unspecified atom stereocenters. The molecule has 1 aromatic rings. The molecule has 3 nitrogen and oxygen atoms in total. The highest BCUT2D eigenvalue weighted by Crippen LogP contribution is 2.36. The lowest BCUT2D eigenvalue weighted by Crippen LogP contribution is -2.35. The van der Waals surface area contributed by atoms with Gasteiger partial charge in [0.05, 0.1) is 6.10 Å². The van der Waals surface area contributed by atoms with E-state index in [-0.39, 0.29) is 6.10 Å². The zero-order valence-corrected chi connectivity index (χ0v) is 10.6. The van der Waals surface area contributed by atoms with Gasteiger partial charge in [-0.2, -0.15) is 0 Å². The first-order valence-electron chi connectivity index (χ1n) is 6.50. The monoisotopic (exact) mass is 245 g/mol. The topological polar surface area (TPSA) is 32.7 Å². The van der Waals surface area contributed by atoms with Crippen molar-refractivity contribution in [2.45, 2.75) is 31.4 Å². The molecule has 0 bridgehead atoms. The Hall–Kier alpha value is -1.16. The largest absolute Gasteiger partial charge is 0.368 e. The number of hydrogen-bond donors (Lipinski definition) is 1. The number of hydrogen-bond acceptors (Lipinski definition) is 3. The first-order chi connectivity index (χ1) is 8.74. The molecular formula is C15H19NO2. The Morgan fingerprint density at radius 2 is 2.06 bits per heavy atom. The van der Waals surface area contributed by atoms with Gasteiger partial charge in [0.25, 0.3) is 0 Å². The number of fused-ring (bicyclic) bond motifs is 1. The van der Waals surface area contributed by atoms with E-state index in [9.17, 15) is 5.11 Å². The Balaban J connectivity index is 1.67. The third-order valence-electron chi connectivity index (χ3n) is 3.93. The molecule has 1 aliphatic heterocycles. The Labute approximate surface area is 108 Å². The Kier molecular flexibility index (Phi) is 3.20. The van der Waals surface area contributed by atoms with Gasteiger partial charge in [0.2, 0.25) is 0 Å². The molecule has 3 heteroatoms. The second-order valence-electron chi connectivity index (χ2n) is 5.23. The molecule has 0 aromatic heterocycles. The summed E-state index contributed by atoms with van der Waals surface area (Å²) in [6, 6.07) is 10.8. The van der Waals surface area contributed by atoms with Gasteiger partial charge < -0.3 is 9.84 Å². The number of ether oxygens (including phenoxy) is 1. The summed E-state index contributed by atoms with van der Waals surface area (Å²) in [6.07, 6.45) is 4.55. The van der Waals surface area contributed by atoms with Gasteiger partial charge in [-0.05, 0) is 12.6 Å². The lowest BCUT2D eigenvalue weighted by molar-refractivity contribution is -0.0784. The lowest BCUT2D eigenvalue weighted by atomic mass is 9.97. The van der Waals surface area contributed by atoms with Crippen LogP contribution in [0.25, 0.3) is 0 Å². The quantitative estimate of drug-likeness (QED) is 0.824. The Bertz CT molecular complexity index is 431. The fourth-order valence-corrected chi connectivity index (χ4v) is 3.04. The van der Waals surface area contributed by atoms with Crippen molar-refractivity contribution in [2.24, 2.45) is 5.92 Å². The van der Waals surface area contributed by atoms with E-state index in [1.54, 1.807) is 0 Å². The van der Waals surface area contributed by atoms with Gasteiger partial charge >= 0.3 is 0 Å². The lowest BCUT2D eigenvalue weighted by Gasteiger charge is -2.28. The first kappa shape index (κ1) is 11.9. The van der Waals surface area contributed by atoms with Crippen molar-refractivity contribution in [3.05, 3.63) is 48.0 Å². The first-order valence-corrected chi connectivity index (χ1v) is 6.50. The van der Waals surface area contributed by atoms with E-state index in [1.165, 1.54) is 5.56 Å². The van der Waals surface area contributed by atoms with Crippen LogP contribution < -0.4 is 0 Å². The van der Waals surface area contributed by atoms with E-state index in [0.717, 1.165) is 13.0 Å². The van der Waals surface area contributed by atoms with Crippen molar-refractivity contribution < 1.29 is 9.84 Å². The predicted octanol–water partition coefficient (Wildman–Crippen LogP) is 1.78. The van der Waals surface area contributed by atoms with Gasteiger partial charge in [-0.25, -0.2) is 0 Å². The average Bonchev–Trinajstić information content (AvgIpc) is 2.88. The molecule has 0 saturated carbocycles. The van der Waals surface area contributed by atoms with Gasteiger partial charge in [-0.15, -0.1) is 0 Å². The highest BCUT2D eigenvalue weighted by molar-refractivity contribution is 5.18. The molecule has 1 aliphatic carbocycles. The predicted molar refractivity (Wildman–Crippen MR) is 69.8 cm³/mol. The molecule has 1 saturated heterocycles. The fourth-order valence-electron chi connectivity index (χ4n) is 3.04. The van der Waals surface area contributed by atoms with Crippen molar-refractivity contribution in [3.63, 3.8) is 0 Å². The molecular weight excluding hydrogens is 226 g/mol. The number of rotatable bonds is 3. The van der Waals surface area contributed by atoms with Crippen LogP contribution in [0.5, 0.6) is 0 Å². The number of nitrogens with zero attached hydrogens (tertiary/aromatic N) is 1. The number of likely N-dealkylation sites (N-methyl/N-ethyl adjacent to an activating group) is 1. The van der Waals surface area contributed by atoms with Crippen LogP contribution in [0.3, 0.4) is 0 Å². The number of aliphatic hydroxyl groups excluding tert-OH is 1. The summed E-state index contributed by atoms with van der Waals surface area (Å²) in [5.74, 6) is 0.397. The summed E-state index contributed by atoms with van der Waals surface area (Å²) in [7, 11) is 2.13. The zero-order chi connectivity index (χ0) is 12.5. The maximum Gasteiger partial charge on any atom is 0.155 e. The van der Waals surface area contributed by atoms with Gasteiger partial charge in [-0.3, -0.25) is 4.90 Å². The van der Waals surface area contributed by atoms with Gasteiger partial charge in [0.15, 0.2) is 6.29 Å². The molecule has 96 valence electrons. The highest BCUT2D eigenvalue weighted by Gasteiger charge is 2.42. The second-order valence-corrected chi connectivity index (χ2v) is 5.23. The third kappa shape index (κ3) is 2.21. The van der Waals surface area contributed by atoms with E-state index in [0.29, 0.717) is 12.0 Å². The van der Waals surface area contributed by atoms with Crippen molar-refractivity contribution in [1.82, 2.24) is 4.90 Å². The SMILES string of the molecule is CN(Cc1ccccc1)[C@@H]1C=C[C@H]2OC(O)C[C@@H]12. The van der Waals surface area contributed by atoms with Gasteiger partial charge in [0, 0.05) is 24.9 Å². The molecule has 1 fully saturated rings. The Morgan fingerprint density at radius 1 is 1.28 bits per heavy atom. The normalized spacial score (nSPS) is 34.2. The fraction of sp³-hybridized carbons (Fsp3) is 0.467. The maximum absolute atomic E-state index is 9.55. The smallest absolute Gasteiger partial charge is 0.155 e. The molecule has 0 radical (unpaired) electrons. The molecule has 0 amide bonds. The van der Waals surface area contributed by atoms with Crippen LogP contribution in [0.1, 0.15) is 12.0 Å².